The van der Waals surface area contributed by atoms with Crippen LogP contribution in [0.15, 0.2) is 120 Å². The number of phenols is 3. The Morgan fingerprint density at radius 1 is 0.489 bits per heavy atom. The molecule has 458 valence electrons. The quantitative estimate of drug-likeness (QED) is 0.138. The highest BCUT2D eigenvalue weighted by Gasteiger charge is 2.68. The first kappa shape index (κ1) is 54.9. The van der Waals surface area contributed by atoms with Crippen LogP contribution in [0.2, 0.25) is 0 Å². The van der Waals surface area contributed by atoms with Crippen molar-refractivity contribution in [1.29, 1.82) is 0 Å². The summed E-state index contributed by atoms with van der Waals surface area (Å²) in [7, 11) is 13.7. The van der Waals surface area contributed by atoms with Gasteiger partial charge >= 0.3 is 0 Å². The molecule has 17 nitrogen and oxygen atoms in total. The molecule has 16 atom stereocenters. The van der Waals surface area contributed by atoms with E-state index in [9.17, 15) is 30.3 Å². The van der Waals surface area contributed by atoms with Gasteiger partial charge in [-0.2, -0.15) is 0 Å². The van der Waals surface area contributed by atoms with E-state index in [-0.39, 0.29) is 69.5 Å². The summed E-state index contributed by atoms with van der Waals surface area (Å²) < 4.78 is 41.6. The molecular formula is C71H76N4O13. The molecule has 0 unspecified atom stereocenters. The fourth-order valence-electron chi connectivity index (χ4n) is 20.4. The number of benzene rings is 4. The number of ketones is 1. The van der Waals surface area contributed by atoms with Gasteiger partial charge in [0.15, 0.2) is 64.0 Å². The topological polar surface area (TPSA) is 196 Å². The van der Waals surface area contributed by atoms with Crippen LogP contribution in [0, 0.1) is 11.8 Å². The van der Waals surface area contributed by atoms with Crippen molar-refractivity contribution in [2.75, 3.05) is 75.7 Å². The van der Waals surface area contributed by atoms with Crippen LogP contribution in [0.5, 0.6) is 46.0 Å². The number of likely N-dealkylation sites (N-methyl/N-ethyl adjacent to an activating group) is 4. The second-order valence-electron chi connectivity index (χ2n) is 27.5. The zero-order valence-corrected chi connectivity index (χ0v) is 50.7. The third-order valence-electron chi connectivity index (χ3n) is 24.3. The number of piperidine rings is 4. The second kappa shape index (κ2) is 18.9. The maximum absolute atomic E-state index is 13.0. The molecule has 4 saturated heterocycles. The van der Waals surface area contributed by atoms with E-state index in [4.69, 9.17) is 33.2 Å². The summed E-state index contributed by atoms with van der Waals surface area (Å²) in [5.41, 5.74) is 11.3. The van der Waals surface area contributed by atoms with E-state index in [1.165, 1.54) is 50.6 Å². The number of hydrogen-bond acceptors (Lipinski definition) is 17. The molecular weight excluding hydrogens is 1120 g/mol. The third kappa shape index (κ3) is 6.69. The van der Waals surface area contributed by atoms with Crippen LogP contribution in [0.25, 0.3) is 0 Å². The van der Waals surface area contributed by atoms with Crippen molar-refractivity contribution in [1.82, 2.24) is 19.6 Å². The molecule has 4 spiro atoms. The van der Waals surface area contributed by atoms with Crippen LogP contribution < -0.4 is 23.7 Å². The molecule has 8 bridgehead atoms. The van der Waals surface area contributed by atoms with Crippen LogP contribution in [-0.4, -0.2) is 187 Å². The number of hydrogen-bond donors (Lipinski definition) is 5. The maximum atomic E-state index is 13.0. The lowest BCUT2D eigenvalue weighted by Crippen LogP contribution is -2.66. The standard InChI is InChI=1S/C19H21NO3.C18H19NO3.C17H17NO4.C17H19NO3/c1-20-9-8-19-12-5-7-15(22-3)18(19)23-17-14(21-2)6-4-11(16(17)19)10-13(12)20;1-19-8-7-18-11-4-6-14(21-2)17(18)22-16-13(20)5-3-10(15(16)18)9-12(11)19;1-18-7-6-17-9-3-5-11(20)16(17)22-15-10(19)4-2-8(12(15)17)14(21)13(9)18;1-18-7-6-17-10-3-5-13(20)16(17)21-15-12(19)4-2-9(14(15)17)8-11(10)18/h4-7,13,18H,8-10H2,1-3H3;3-6,12,17,20H,7-9H2,1-2H3;2-5,9,11,13,16,19-20H,6-7H2,1H3;2-5,10-11,13,16,19-20H,6-8H2,1H3/t13-,18+,19+;12-,17+,18+;9-,11-,13-,16-,17-;10-,11+,13-,16-,17-/m1100/s1. The fraction of sp³-hybridized carbons (Fsp3) is 0.479. The van der Waals surface area contributed by atoms with Gasteiger partial charge in [-0.15, -0.1) is 0 Å². The molecule has 17 heteroatoms. The van der Waals surface area contributed by atoms with Gasteiger partial charge in [-0.25, -0.2) is 0 Å². The summed E-state index contributed by atoms with van der Waals surface area (Å²) in [5.74, 6) is 6.16. The first-order valence-electron chi connectivity index (χ1n) is 31.5. The van der Waals surface area contributed by atoms with Gasteiger partial charge in [0.1, 0.15) is 35.9 Å². The average molecular weight is 1190 g/mol. The number of rotatable bonds is 3. The van der Waals surface area contributed by atoms with Crippen LogP contribution in [0.1, 0.15) is 75.0 Å². The molecule has 8 aliphatic carbocycles. The fourth-order valence-corrected chi connectivity index (χ4v) is 20.4. The lowest BCUT2D eigenvalue weighted by Gasteiger charge is -2.56. The normalized spacial score (nSPS) is 37.8. The van der Waals surface area contributed by atoms with E-state index in [1.807, 2.05) is 37.4 Å². The summed E-state index contributed by atoms with van der Waals surface area (Å²) in [6.07, 6.45) is 21.1. The number of Topliss-reactive ketones (excluding diaryl/α,β-unsaturated/α-hetero) is 1. The summed E-state index contributed by atoms with van der Waals surface area (Å²) in [5, 5.41) is 51.6. The van der Waals surface area contributed by atoms with Crippen molar-refractivity contribution < 1.29 is 63.5 Å². The molecule has 0 aromatic heterocycles. The molecule has 4 fully saturated rings. The van der Waals surface area contributed by atoms with E-state index in [0.29, 0.717) is 46.9 Å². The molecule has 88 heavy (non-hydrogen) atoms. The number of aromatic hydroxyl groups is 3. The van der Waals surface area contributed by atoms with Crippen LogP contribution in [-0.2, 0) is 50.4 Å². The number of carbonyl (C=O) groups is 1. The minimum atomic E-state index is -0.715. The van der Waals surface area contributed by atoms with Gasteiger partial charge in [0.05, 0.1) is 38.2 Å². The molecule has 20 rings (SSSR count). The number of carbonyl (C=O) groups excluding carboxylic acids is 1. The summed E-state index contributed by atoms with van der Waals surface area (Å²) in [4.78, 5) is 22.4. The Kier molecular flexibility index (Phi) is 11.8. The first-order valence-corrected chi connectivity index (χ1v) is 31.5. The van der Waals surface area contributed by atoms with Gasteiger partial charge < -0.3 is 63.6 Å². The monoisotopic (exact) mass is 1190 g/mol. The molecule has 5 N–H and O–H groups in total. The Morgan fingerprint density at radius 2 is 0.966 bits per heavy atom. The van der Waals surface area contributed by atoms with Crippen molar-refractivity contribution in [2.24, 2.45) is 11.8 Å². The van der Waals surface area contributed by atoms with Crippen molar-refractivity contribution in [3.8, 4) is 46.0 Å². The summed E-state index contributed by atoms with van der Waals surface area (Å²) in [6, 6.07) is 16.2. The second-order valence-corrected chi connectivity index (χ2v) is 27.5. The van der Waals surface area contributed by atoms with E-state index >= 15 is 0 Å². The Bertz CT molecular complexity index is 3930. The molecule has 0 radical (unpaired) electrons. The minimum absolute atomic E-state index is 0.0114. The van der Waals surface area contributed by atoms with Gasteiger partial charge in [-0.3, -0.25) is 19.5 Å². The maximum Gasteiger partial charge on any atom is 0.181 e. The number of aliphatic hydroxyl groups is 2. The Labute approximate surface area is 512 Å². The molecule has 16 aliphatic rings. The van der Waals surface area contributed by atoms with Gasteiger partial charge in [0.2, 0.25) is 0 Å². The molecule has 8 aliphatic heterocycles. The number of allylic oxidation sites excluding steroid dienone is 4. The van der Waals surface area contributed by atoms with Crippen molar-refractivity contribution in [3.63, 3.8) is 0 Å². The van der Waals surface area contributed by atoms with E-state index in [0.717, 1.165) is 99.7 Å². The Morgan fingerprint density at radius 3 is 1.55 bits per heavy atom. The molecule has 8 heterocycles. The number of likely N-dealkylation sites (tertiary alicyclic amines) is 4. The number of ether oxygens (including phenoxy) is 7. The van der Waals surface area contributed by atoms with Crippen LogP contribution in [0.4, 0.5) is 0 Å². The van der Waals surface area contributed by atoms with Crippen LogP contribution in [0.3, 0.4) is 0 Å². The highest BCUT2D eigenvalue weighted by atomic mass is 16.6. The Hall–Kier alpha value is -7.25. The van der Waals surface area contributed by atoms with Gasteiger partial charge in [0.25, 0.3) is 0 Å². The van der Waals surface area contributed by atoms with Gasteiger partial charge in [-0.05, 0) is 170 Å². The summed E-state index contributed by atoms with van der Waals surface area (Å²) >= 11 is 0. The third-order valence-corrected chi connectivity index (χ3v) is 24.3. The smallest absolute Gasteiger partial charge is 0.181 e. The zero-order chi connectivity index (χ0) is 60.4. The van der Waals surface area contributed by atoms with Crippen LogP contribution >= 0.6 is 0 Å². The minimum Gasteiger partial charge on any atom is -0.504 e. The predicted octanol–water partition coefficient (Wildman–Crippen LogP) is 6.58. The highest BCUT2D eigenvalue weighted by molar-refractivity contribution is 6.05. The van der Waals surface area contributed by atoms with E-state index in [2.05, 4.69) is 77.2 Å². The first-order chi connectivity index (χ1) is 42.5. The predicted molar refractivity (Wildman–Crippen MR) is 325 cm³/mol. The lowest BCUT2D eigenvalue weighted by molar-refractivity contribution is -0.0453. The number of nitrogens with zero attached hydrogens (tertiary/aromatic N) is 4. The number of phenolic OH excluding ortho intramolecular Hbond substituents is 3. The molecule has 4 aromatic carbocycles. The number of aliphatic hydroxyl groups excluding tert-OH is 2. The highest BCUT2D eigenvalue weighted by Crippen LogP contribution is 2.67. The molecule has 0 amide bonds. The zero-order valence-electron chi connectivity index (χ0n) is 50.7. The number of methoxy groups -OCH3 is 3. The van der Waals surface area contributed by atoms with E-state index < -0.39 is 23.7 Å². The van der Waals surface area contributed by atoms with Gasteiger partial charge in [0, 0.05) is 68.6 Å². The van der Waals surface area contributed by atoms with Crippen molar-refractivity contribution in [3.05, 3.63) is 164 Å². The van der Waals surface area contributed by atoms with Crippen molar-refractivity contribution in [2.45, 2.75) is 127 Å². The Balaban J connectivity index is 0.0000000911. The molecule has 4 aromatic rings. The van der Waals surface area contributed by atoms with Gasteiger partial charge in [-0.1, -0.05) is 54.7 Å². The molecule has 0 saturated carbocycles. The SMILES string of the molecule is CN1CC[C@]23c4c5ccc(O)c4O[C@H]2[C@@H](O)C=C[C@H]3[C@H]1C5.CN1CC[C@]23c4c5ccc(O)c4O[C@H]2[C@@H](O)C=C[C@H]3[C@H]1C5=O.COC1=CC=C2[C@H]3Cc4ccc(O)c5c4[C@@]2(CCN3C)[C@H]1O5.COC1=CC=C2[C@H]3Cc4ccc(OC)c5c4[C@@]2(CCN3C)[C@H]1O5. The largest absolute Gasteiger partial charge is 0.504 e. The van der Waals surface area contributed by atoms with E-state index in [1.54, 1.807) is 45.6 Å². The summed E-state index contributed by atoms with van der Waals surface area (Å²) in [6.45, 7) is 3.90. The lowest BCUT2D eigenvalue weighted by atomic mass is 9.53. The average Bonchev–Trinajstić information content (AvgIpc) is 1.47. The van der Waals surface area contributed by atoms with Crippen molar-refractivity contribution >= 4 is 5.78 Å².